The van der Waals surface area contributed by atoms with Gasteiger partial charge in [-0.2, -0.15) is 0 Å². The SMILES string of the molecule is CC(C)(N)CNC(=O)c1ccc(CC2=CC3C=CC=C(c4cccc(Cl)c4)C3=C2)cc1. The van der Waals surface area contributed by atoms with Crippen molar-refractivity contribution >= 4 is 23.1 Å². The Hall–Kier alpha value is -2.88. The Morgan fingerprint density at radius 3 is 2.65 bits per heavy atom. The summed E-state index contributed by atoms with van der Waals surface area (Å²) in [5.74, 6) is 0.193. The zero-order valence-electron chi connectivity index (χ0n) is 17.9. The van der Waals surface area contributed by atoms with E-state index in [1.165, 1.54) is 22.3 Å². The van der Waals surface area contributed by atoms with Crippen LogP contribution in [0.1, 0.15) is 35.3 Å². The average Bonchev–Trinajstić information content (AvgIpc) is 3.14. The predicted molar refractivity (Wildman–Crippen MR) is 129 cm³/mol. The molecule has 1 amide bonds. The molecule has 0 saturated heterocycles. The average molecular weight is 431 g/mol. The highest BCUT2D eigenvalue weighted by Gasteiger charge is 2.23. The normalized spacial score (nSPS) is 17.5. The molecule has 2 aromatic carbocycles. The Kier molecular flexibility index (Phi) is 5.99. The van der Waals surface area contributed by atoms with Crippen LogP contribution in [0.5, 0.6) is 0 Å². The van der Waals surface area contributed by atoms with Gasteiger partial charge in [0.1, 0.15) is 0 Å². The molecule has 0 heterocycles. The van der Waals surface area contributed by atoms with E-state index in [0.717, 1.165) is 17.0 Å². The van der Waals surface area contributed by atoms with Gasteiger partial charge in [0.05, 0.1) is 0 Å². The molecule has 4 rings (SSSR count). The maximum Gasteiger partial charge on any atom is 0.251 e. The summed E-state index contributed by atoms with van der Waals surface area (Å²) in [5, 5.41) is 3.63. The third kappa shape index (κ3) is 5.25. The number of amides is 1. The minimum absolute atomic E-state index is 0.0975. The molecule has 0 radical (unpaired) electrons. The van der Waals surface area contributed by atoms with Crippen LogP contribution in [-0.4, -0.2) is 18.0 Å². The molecular weight excluding hydrogens is 404 g/mol. The van der Waals surface area contributed by atoms with Gasteiger partial charge in [0, 0.05) is 28.6 Å². The second kappa shape index (κ2) is 8.70. The number of halogens is 1. The highest BCUT2D eigenvalue weighted by atomic mass is 35.5. The summed E-state index contributed by atoms with van der Waals surface area (Å²) >= 11 is 6.21. The van der Waals surface area contributed by atoms with Crippen molar-refractivity contribution in [2.24, 2.45) is 11.7 Å². The van der Waals surface area contributed by atoms with Crippen molar-refractivity contribution in [3.63, 3.8) is 0 Å². The zero-order valence-corrected chi connectivity index (χ0v) is 18.6. The molecule has 158 valence electrons. The molecule has 0 aromatic heterocycles. The van der Waals surface area contributed by atoms with E-state index in [2.05, 4.69) is 41.8 Å². The minimum atomic E-state index is -0.429. The summed E-state index contributed by atoms with van der Waals surface area (Å²) in [6, 6.07) is 15.8. The molecule has 0 saturated carbocycles. The number of hydrogen-bond acceptors (Lipinski definition) is 2. The van der Waals surface area contributed by atoms with E-state index in [-0.39, 0.29) is 5.91 Å². The van der Waals surface area contributed by atoms with E-state index in [1.54, 1.807) is 0 Å². The Morgan fingerprint density at radius 2 is 1.94 bits per heavy atom. The van der Waals surface area contributed by atoms with Crippen LogP contribution in [0.2, 0.25) is 5.02 Å². The monoisotopic (exact) mass is 430 g/mol. The van der Waals surface area contributed by atoms with E-state index in [1.807, 2.05) is 56.3 Å². The molecule has 3 N–H and O–H groups in total. The lowest BCUT2D eigenvalue weighted by Gasteiger charge is -2.18. The molecular formula is C27H27ClN2O. The van der Waals surface area contributed by atoms with Gasteiger partial charge < -0.3 is 11.1 Å². The van der Waals surface area contributed by atoms with E-state index >= 15 is 0 Å². The number of allylic oxidation sites excluding steroid dienone is 8. The maximum atomic E-state index is 12.3. The molecule has 4 heteroatoms. The smallest absolute Gasteiger partial charge is 0.251 e. The van der Waals surface area contributed by atoms with Gasteiger partial charge in [0.25, 0.3) is 5.91 Å². The first-order chi connectivity index (χ1) is 14.8. The summed E-state index contributed by atoms with van der Waals surface area (Å²) in [7, 11) is 0. The van der Waals surface area contributed by atoms with Crippen LogP contribution in [0.25, 0.3) is 5.57 Å². The summed E-state index contributed by atoms with van der Waals surface area (Å²) < 4.78 is 0. The zero-order chi connectivity index (χ0) is 22.0. The molecule has 1 unspecified atom stereocenters. The van der Waals surface area contributed by atoms with E-state index in [9.17, 15) is 4.79 Å². The third-order valence-electron chi connectivity index (χ3n) is 5.45. The van der Waals surface area contributed by atoms with Crippen molar-refractivity contribution in [2.45, 2.75) is 25.8 Å². The fraction of sp³-hybridized carbons (Fsp3) is 0.222. The lowest BCUT2D eigenvalue weighted by atomic mass is 9.87. The molecule has 0 fully saturated rings. The second-order valence-corrected chi connectivity index (χ2v) is 9.32. The van der Waals surface area contributed by atoms with Crippen LogP contribution in [0.15, 0.2) is 90.1 Å². The molecule has 2 aliphatic rings. The first-order valence-corrected chi connectivity index (χ1v) is 10.9. The maximum absolute atomic E-state index is 12.3. The van der Waals surface area contributed by atoms with Gasteiger partial charge in [-0.3, -0.25) is 4.79 Å². The van der Waals surface area contributed by atoms with E-state index in [4.69, 9.17) is 17.3 Å². The van der Waals surface area contributed by atoms with E-state index < -0.39 is 5.54 Å². The van der Waals surface area contributed by atoms with E-state index in [0.29, 0.717) is 18.0 Å². The number of rotatable bonds is 6. The summed E-state index contributed by atoms with van der Waals surface area (Å²) in [4.78, 5) is 12.3. The first-order valence-electron chi connectivity index (χ1n) is 10.5. The number of carbonyl (C=O) groups excluding carboxylic acids is 1. The molecule has 1 atom stereocenters. The molecule has 2 aromatic rings. The second-order valence-electron chi connectivity index (χ2n) is 8.89. The minimum Gasteiger partial charge on any atom is -0.350 e. The molecule has 0 spiro atoms. The fourth-order valence-corrected chi connectivity index (χ4v) is 4.09. The van der Waals surface area contributed by atoms with Crippen molar-refractivity contribution in [2.75, 3.05) is 6.54 Å². The summed E-state index contributed by atoms with van der Waals surface area (Å²) in [6.45, 7) is 4.21. The molecule has 0 bridgehead atoms. The standard InChI is InChI=1S/C27H27ClN2O/c1-27(2,29)17-30-26(31)20-11-9-18(10-12-20)13-19-14-21-6-4-8-24(25(21)15-19)22-5-3-7-23(28)16-22/h3-12,14-16,21H,13,17,29H2,1-2H3,(H,30,31). The van der Waals surface area contributed by atoms with Crippen LogP contribution in [0, 0.1) is 5.92 Å². The van der Waals surface area contributed by atoms with Crippen LogP contribution in [0.3, 0.4) is 0 Å². The Balaban J connectivity index is 1.45. The Bertz CT molecular complexity index is 1110. The first kappa shape index (κ1) is 21.4. The van der Waals surface area contributed by atoms with Crippen molar-refractivity contribution in [3.05, 3.63) is 112 Å². The predicted octanol–water partition coefficient (Wildman–Crippen LogP) is 5.49. The number of benzene rings is 2. The largest absolute Gasteiger partial charge is 0.350 e. The highest BCUT2D eigenvalue weighted by molar-refractivity contribution is 6.30. The summed E-state index contributed by atoms with van der Waals surface area (Å²) in [5.41, 5.74) is 12.3. The highest BCUT2D eigenvalue weighted by Crippen LogP contribution is 2.39. The van der Waals surface area contributed by atoms with Crippen LogP contribution < -0.4 is 11.1 Å². The van der Waals surface area contributed by atoms with Gasteiger partial charge in [-0.15, -0.1) is 0 Å². The van der Waals surface area contributed by atoms with Gasteiger partial charge in [-0.1, -0.05) is 66.2 Å². The molecule has 2 aliphatic carbocycles. The van der Waals surface area contributed by atoms with Gasteiger partial charge in [0.2, 0.25) is 0 Å². The van der Waals surface area contributed by atoms with Gasteiger partial charge >= 0.3 is 0 Å². The number of nitrogens with two attached hydrogens (primary N) is 1. The van der Waals surface area contributed by atoms with Gasteiger partial charge in [0.15, 0.2) is 0 Å². The van der Waals surface area contributed by atoms with Crippen LogP contribution in [-0.2, 0) is 6.42 Å². The third-order valence-corrected chi connectivity index (χ3v) is 5.69. The number of nitrogens with one attached hydrogen (secondary N) is 1. The number of fused-ring (bicyclic) bond motifs is 1. The van der Waals surface area contributed by atoms with Crippen molar-refractivity contribution in [1.29, 1.82) is 0 Å². The summed E-state index contributed by atoms with van der Waals surface area (Å²) in [6.07, 6.45) is 11.9. The molecule has 3 nitrogen and oxygen atoms in total. The Morgan fingerprint density at radius 1 is 1.16 bits per heavy atom. The number of carbonyl (C=O) groups is 1. The van der Waals surface area contributed by atoms with Gasteiger partial charge in [-0.05, 0) is 72.4 Å². The molecule has 31 heavy (non-hydrogen) atoms. The van der Waals surface area contributed by atoms with Crippen LogP contribution >= 0.6 is 11.6 Å². The van der Waals surface area contributed by atoms with Gasteiger partial charge in [-0.25, -0.2) is 0 Å². The topological polar surface area (TPSA) is 55.1 Å². The molecule has 0 aliphatic heterocycles. The fourth-order valence-electron chi connectivity index (χ4n) is 3.90. The van der Waals surface area contributed by atoms with Crippen LogP contribution in [0.4, 0.5) is 0 Å². The quantitative estimate of drug-likeness (QED) is 0.637. The van der Waals surface area contributed by atoms with Crippen molar-refractivity contribution in [1.82, 2.24) is 5.32 Å². The lowest BCUT2D eigenvalue weighted by Crippen LogP contribution is -2.45. The number of hydrogen-bond donors (Lipinski definition) is 2. The Labute approximate surface area is 189 Å². The lowest BCUT2D eigenvalue weighted by molar-refractivity contribution is 0.0946. The van der Waals surface area contributed by atoms with Crippen molar-refractivity contribution < 1.29 is 4.79 Å². The van der Waals surface area contributed by atoms with Crippen molar-refractivity contribution in [3.8, 4) is 0 Å².